The van der Waals surface area contributed by atoms with Gasteiger partial charge in [-0.05, 0) is 88.3 Å². The van der Waals surface area contributed by atoms with E-state index >= 15 is 0 Å². The maximum Gasteiger partial charge on any atom is 0.246 e. The Labute approximate surface area is 196 Å². The molecular weight excluding hydrogens is 416 g/mol. The number of rotatable bonds is 5. The maximum atomic E-state index is 13.7. The standard InChI is InChI=1S/C26H36N4O3/c1-15(27-2)24(31)29-22-14-18-12-17(18)13-19-10-11-23(30(19)26(22)33)25(32)28-21-9-5-7-16-6-3-4-8-20(16)21/h3-4,6,8,15,17-19,21-23,27H,5,7,9-14H2,1-2H3,(H,28,32)(H,29,31)/t15-,17+,18-,19+,21+,22-,23-/m0/s1. The van der Waals surface area contributed by atoms with Gasteiger partial charge in [0.2, 0.25) is 17.7 Å². The molecule has 7 atom stereocenters. The van der Waals surface area contributed by atoms with Gasteiger partial charge in [0.05, 0.1) is 12.1 Å². The SMILES string of the molecule is CN[C@@H](C)C(=O)N[C@H]1C[C@@H]2C[C@@H]2C[C@H]2CC[C@@H](C(=O)N[C@@H]3CCCc4ccccc43)N2C1=O. The van der Waals surface area contributed by atoms with Gasteiger partial charge in [-0.1, -0.05) is 24.3 Å². The zero-order valence-electron chi connectivity index (χ0n) is 19.7. The second-order valence-electron chi connectivity index (χ2n) is 10.4. The highest BCUT2D eigenvalue weighted by atomic mass is 16.2. The van der Waals surface area contributed by atoms with Gasteiger partial charge < -0.3 is 20.9 Å². The zero-order valence-corrected chi connectivity index (χ0v) is 19.7. The van der Waals surface area contributed by atoms with E-state index in [0.717, 1.165) is 38.5 Å². The lowest BCUT2D eigenvalue weighted by Gasteiger charge is -2.36. The fourth-order valence-corrected chi connectivity index (χ4v) is 6.25. The Hall–Kier alpha value is -2.41. The summed E-state index contributed by atoms with van der Waals surface area (Å²) in [6.45, 7) is 1.79. The van der Waals surface area contributed by atoms with E-state index in [1.165, 1.54) is 11.1 Å². The summed E-state index contributed by atoms with van der Waals surface area (Å²) in [5, 5.41) is 9.21. The van der Waals surface area contributed by atoms with Gasteiger partial charge in [-0.15, -0.1) is 0 Å². The smallest absolute Gasteiger partial charge is 0.246 e. The summed E-state index contributed by atoms with van der Waals surface area (Å²) >= 11 is 0. The fourth-order valence-electron chi connectivity index (χ4n) is 6.25. The Bertz CT molecular complexity index is 934. The number of benzene rings is 1. The number of aryl methyl sites for hydroxylation is 1. The van der Waals surface area contributed by atoms with Gasteiger partial charge in [0.1, 0.15) is 12.1 Å². The molecule has 0 bridgehead atoms. The molecule has 1 saturated carbocycles. The van der Waals surface area contributed by atoms with Crippen LogP contribution in [-0.2, 0) is 20.8 Å². The Morgan fingerprint density at radius 2 is 1.79 bits per heavy atom. The number of nitrogens with zero attached hydrogens (tertiary/aromatic N) is 1. The molecule has 2 aliphatic carbocycles. The average molecular weight is 453 g/mol. The molecule has 2 saturated heterocycles. The number of hydrogen-bond acceptors (Lipinski definition) is 4. The van der Waals surface area contributed by atoms with Crippen molar-refractivity contribution in [3.05, 3.63) is 35.4 Å². The second kappa shape index (κ2) is 9.09. The van der Waals surface area contributed by atoms with Gasteiger partial charge in [-0.25, -0.2) is 0 Å². The highest BCUT2D eigenvalue weighted by Crippen LogP contribution is 2.49. The van der Waals surface area contributed by atoms with Crippen LogP contribution in [0, 0.1) is 11.8 Å². The number of nitrogens with one attached hydrogen (secondary N) is 3. The van der Waals surface area contributed by atoms with Crippen molar-refractivity contribution in [1.82, 2.24) is 20.9 Å². The first-order valence-electron chi connectivity index (χ1n) is 12.6. The predicted molar refractivity (Wildman–Crippen MR) is 125 cm³/mol. The monoisotopic (exact) mass is 452 g/mol. The third kappa shape index (κ3) is 4.39. The molecule has 7 nitrogen and oxygen atoms in total. The van der Waals surface area contributed by atoms with Crippen LogP contribution in [0.4, 0.5) is 0 Å². The molecule has 5 rings (SSSR count). The lowest BCUT2D eigenvalue weighted by Crippen LogP contribution is -2.58. The average Bonchev–Trinajstić information content (AvgIpc) is 3.40. The van der Waals surface area contributed by atoms with E-state index in [9.17, 15) is 14.4 Å². The third-order valence-electron chi connectivity index (χ3n) is 8.37. The first-order valence-corrected chi connectivity index (χ1v) is 12.6. The number of amides is 3. The van der Waals surface area contributed by atoms with Gasteiger partial charge >= 0.3 is 0 Å². The molecule has 1 aromatic rings. The third-order valence-corrected chi connectivity index (χ3v) is 8.37. The van der Waals surface area contributed by atoms with Gasteiger partial charge in [-0.2, -0.15) is 0 Å². The number of likely N-dealkylation sites (N-methyl/N-ethyl adjacent to an activating group) is 1. The van der Waals surface area contributed by atoms with Crippen molar-refractivity contribution in [1.29, 1.82) is 0 Å². The minimum Gasteiger partial charge on any atom is -0.347 e. The van der Waals surface area contributed by atoms with Crippen LogP contribution in [0.15, 0.2) is 24.3 Å². The molecular formula is C26H36N4O3. The molecule has 0 unspecified atom stereocenters. The van der Waals surface area contributed by atoms with Crippen LogP contribution >= 0.6 is 0 Å². The van der Waals surface area contributed by atoms with Crippen LogP contribution in [-0.4, -0.2) is 53.8 Å². The summed E-state index contributed by atoms with van der Waals surface area (Å²) in [5.74, 6) is 0.832. The van der Waals surface area contributed by atoms with E-state index < -0.39 is 12.1 Å². The Morgan fingerprint density at radius 1 is 1.00 bits per heavy atom. The number of carbonyl (C=O) groups excluding carboxylic acids is 3. The van der Waals surface area contributed by atoms with Crippen molar-refractivity contribution in [2.45, 2.75) is 88.5 Å². The van der Waals surface area contributed by atoms with Gasteiger partial charge in [0, 0.05) is 6.04 Å². The molecule has 2 heterocycles. The molecule has 3 N–H and O–H groups in total. The van der Waals surface area contributed by atoms with E-state index in [1.54, 1.807) is 14.0 Å². The quantitative estimate of drug-likeness (QED) is 0.638. The molecule has 3 amide bonds. The highest BCUT2D eigenvalue weighted by Gasteiger charge is 2.51. The minimum absolute atomic E-state index is 0.00569. The number of carbonyl (C=O) groups is 3. The lowest BCUT2D eigenvalue weighted by molar-refractivity contribution is -0.144. The molecule has 2 aliphatic heterocycles. The van der Waals surface area contributed by atoms with Crippen LogP contribution in [0.1, 0.15) is 69.0 Å². The Balaban J connectivity index is 1.33. The lowest BCUT2D eigenvalue weighted by atomic mass is 9.87. The van der Waals surface area contributed by atoms with Crippen molar-refractivity contribution in [2.24, 2.45) is 11.8 Å². The molecule has 4 aliphatic rings. The first-order chi connectivity index (χ1) is 16.0. The molecule has 1 aromatic carbocycles. The summed E-state index contributed by atoms with van der Waals surface area (Å²) in [6.07, 6.45) is 7.38. The van der Waals surface area contributed by atoms with Crippen LogP contribution in [0.25, 0.3) is 0 Å². The Kier molecular flexibility index (Phi) is 6.16. The van der Waals surface area contributed by atoms with Crippen molar-refractivity contribution in [3.63, 3.8) is 0 Å². The van der Waals surface area contributed by atoms with Gasteiger partial charge in [0.15, 0.2) is 0 Å². The predicted octanol–water partition coefficient (Wildman–Crippen LogP) is 2.06. The van der Waals surface area contributed by atoms with Crippen molar-refractivity contribution < 1.29 is 14.4 Å². The normalized spacial score (nSPS) is 33.6. The highest BCUT2D eigenvalue weighted by molar-refractivity contribution is 5.94. The van der Waals surface area contributed by atoms with E-state index in [1.807, 2.05) is 11.0 Å². The molecule has 0 aromatic heterocycles. The maximum absolute atomic E-state index is 13.7. The van der Waals surface area contributed by atoms with Crippen molar-refractivity contribution >= 4 is 17.7 Å². The van der Waals surface area contributed by atoms with Crippen molar-refractivity contribution in [3.8, 4) is 0 Å². The van der Waals surface area contributed by atoms with Crippen LogP contribution in [0.2, 0.25) is 0 Å². The minimum atomic E-state index is -0.546. The van der Waals surface area contributed by atoms with Gasteiger partial charge in [-0.3, -0.25) is 14.4 Å². The summed E-state index contributed by atoms with van der Waals surface area (Å²) in [6, 6.07) is 7.09. The van der Waals surface area contributed by atoms with Crippen molar-refractivity contribution in [2.75, 3.05) is 7.05 Å². The summed E-state index contributed by atoms with van der Waals surface area (Å²) in [5.41, 5.74) is 2.51. The van der Waals surface area contributed by atoms with Gasteiger partial charge in [0.25, 0.3) is 0 Å². The summed E-state index contributed by atoms with van der Waals surface area (Å²) in [4.78, 5) is 41.6. The largest absolute Gasteiger partial charge is 0.347 e. The first kappa shape index (κ1) is 22.4. The van der Waals surface area contributed by atoms with E-state index in [2.05, 4.69) is 34.1 Å². The molecule has 3 fully saturated rings. The topological polar surface area (TPSA) is 90.5 Å². The zero-order chi connectivity index (χ0) is 23.1. The Morgan fingerprint density at radius 3 is 2.61 bits per heavy atom. The van der Waals surface area contributed by atoms with Crippen LogP contribution in [0.3, 0.4) is 0 Å². The summed E-state index contributed by atoms with van der Waals surface area (Å²) < 4.78 is 0. The van der Waals surface area contributed by atoms with Crippen LogP contribution in [0.5, 0.6) is 0 Å². The van der Waals surface area contributed by atoms with E-state index in [4.69, 9.17) is 0 Å². The van der Waals surface area contributed by atoms with E-state index in [0.29, 0.717) is 24.7 Å². The van der Waals surface area contributed by atoms with Crippen LogP contribution < -0.4 is 16.0 Å². The number of fused-ring (bicyclic) bond motifs is 3. The molecule has 178 valence electrons. The molecule has 0 spiro atoms. The number of hydrogen-bond donors (Lipinski definition) is 3. The fraction of sp³-hybridized carbons (Fsp3) is 0.654. The summed E-state index contributed by atoms with van der Waals surface area (Å²) in [7, 11) is 1.74. The molecule has 7 heteroatoms. The molecule has 33 heavy (non-hydrogen) atoms. The van der Waals surface area contributed by atoms with E-state index in [-0.39, 0.29) is 35.8 Å². The second-order valence-corrected chi connectivity index (χ2v) is 10.4. The molecule has 0 radical (unpaired) electrons.